The molecule has 0 aromatic rings. The second-order valence-electron chi connectivity index (χ2n) is 2.94. The van der Waals surface area contributed by atoms with Crippen LogP contribution in [0.15, 0.2) is 0 Å². The van der Waals surface area contributed by atoms with Gasteiger partial charge in [-0.1, -0.05) is 0 Å². The number of hydrogen-bond donors (Lipinski definition) is 5. The van der Waals surface area contributed by atoms with Crippen LogP contribution in [0.1, 0.15) is 0 Å². The van der Waals surface area contributed by atoms with E-state index in [4.69, 9.17) is 20.5 Å². The molecule has 0 spiro atoms. The van der Waals surface area contributed by atoms with Crippen molar-refractivity contribution in [3.8, 4) is 0 Å². The van der Waals surface area contributed by atoms with Crippen LogP contribution in [0.4, 0.5) is 0 Å². The molecule has 0 aliphatic carbocycles. The second kappa shape index (κ2) is 6.20. The van der Waals surface area contributed by atoms with Gasteiger partial charge in [-0.3, -0.25) is 4.55 Å². The molecule has 0 amide bonds. The summed E-state index contributed by atoms with van der Waals surface area (Å²) in [5.41, 5.74) is 5.06. The quantitative estimate of drug-likeness (QED) is 0.229. The summed E-state index contributed by atoms with van der Waals surface area (Å²) in [6.07, 6.45) is -5.58. The van der Waals surface area contributed by atoms with E-state index in [1.54, 1.807) is 0 Å². The third-order valence-electron chi connectivity index (χ3n) is 1.69. The molecule has 4 atom stereocenters. The predicted molar refractivity (Wildman–Crippen MR) is 49.6 cm³/mol. The van der Waals surface area contributed by atoms with Gasteiger partial charge in [0.2, 0.25) is 0 Å². The third kappa shape index (κ3) is 4.94. The smallest absolute Gasteiger partial charge is 0.394 e. The first-order chi connectivity index (χ1) is 7.22. The average Bonchev–Trinajstić information content (AvgIpc) is 2.21. The van der Waals surface area contributed by atoms with Gasteiger partial charge in [0.1, 0.15) is 24.6 Å². The fraction of sp³-hybridized carbons (Fsp3) is 0.833. The van der Waals surface area contributed by atoms with Gasteiger partial charge in [-0.2, -0.15) is 8.42 Å². The van der Waals surface area contributed by atoms with E-state index in [0.29, 0.717) is 0 Å². The minimum absolute atomic E-state index is 0.0924. The largest absolute Gasteiger partial charge is 0.397 e. The van der Waals surface area contributed by atoms with Crippen LogP contribution >= 0.6 is 0 Å². The van der Waals surface area contributed by atoms with E-state index in [1.807, 2.05) is 0 Å². The Morgan fingerprint density at radius 1 is 1.38 bits per heavy atom. The zero-order valence-electron chi connectivity index (χ0n) is 8.00. The maximum absolute atomic E-state index is 10.4. The Morgan fingerprint density at radius 2 is 1.88 bits per heavy atom. The van der Waals surface area contributed by atoms with E-state index < -0.39 is 41.4 Å². The van der Waals surface area contributed by atoms with Gasteiger partial charge in [-0.05, 0) is 0 Å². The molecular weight excluding hydrogens is 246 g/mol. The van der Waals surface area contributed by atoms with Crippen molar-refractivity contribution in [3.05, 3.63) is 0 Å². The highest BCUT2D eigenvalue weighted by molar-refractivity contribution is 7.80. The molecule has 96 valence electrons. The fourth-order valence-corrected chi connectivity index (χ4v) is 1.42. The molecule has 0 fully saturated rings. The predicted octanol–water partition coefficient (Wildman–Crippen LogP) is -3.59. The summed E-state index contributed by atoms with van der Waals surface area (Å²) in [5.74, 6) is 0. The first-order valence-electron chi connectivity index (χ1n) is 4.06. The van der Waals surface area contributed by atoms with Crippen molar-refractivity contribution in [3.63, 3.8) is 0 Å². The maximum Gasteiger partial charge on any atom is 0.397 e. The van der Waals surface area contributed by atoms with Crippen molar-refractivity contribution >= 4 is 16.7 Å². The Labute approximate surface area is 91.4 Å². The molecule has 0 aromatic carbocycles. The normalized spacial score (nSPS) is 19.8. The van der Waals surface area contributed by atoms with Gasteiger partial charge in [0, 0.05) is 0 Å². The molecular formula is C6H13NO8S. The molecule has 10 heteroatoms. The van der Waals surface area contributed by atoms with Gasteiger partial charge < -0.3 is 25.8 Å². The Hall–Kier alpha value is -0.620. The lowest BCUT2D eigenvalue weighted by Gasteiger charge is -2.26. The van der Waals surface area contributed by atoms with Gasteiger partial charge in [-0.15, -0.1) is 0 Å². The van der Waals surface area contributed by atoms with Crippen LogP contribution in [-0.2, 0) is 19.4 Å². The number of carbonyl (C=O) groups is 1. The standard InChI is InChI=1S/C6H13NO8S/c7-3(1-8)5(11)6(4(10)2-9)15-16(12,13)14/h1,3-6,9-11H,2,7H2,(H,12,13,14)/t3-,4+,5+,6+/m0/s1. The molecule has 6 N–H and O–H groups in total. The first-order valence-corrected chi connectivity index (χ1v) is 5.43. The highest BCUT2D eigenvalue weighted by atomic mass is 32.3. The molecule has 0 aromatic heterocycles. The number of nitrogens with two attached hydrogens (primary N) is 1. The molecule has 0 heterocycles. The zero-order chi connectivity index (χ0) is 12.9. The van der Waals surface area contributed by atoms with E-state index in [0.717, 1.165) is 0 Å². The van der Waals surface area contributed by atoms with Crippen LogP contribution in [0.3, 0.4) is 0 Å². The van der Waals surface area contributed by atoms with Crippen LogP contribution in [0.5, 0.6) is 0 Å². The van der Waals surface area contributed by atoms with E-state index in [-0.39, 0.29) is 6.29 Å². The van der Waals surface area contributed by atoms with Crippen molar-refractivity contribution in [2.45, 2.75) is 24.4 Å². The highest BCUT2D eigenvalue weighted by Gasteiger charge is 2.35. The Balaban J connectivity index is 4.86. The first kappa shape index (κ1) is 15.4. The van der Waals surface area contributed by atoms with Gasteiger partial charge in [0.25, 0.3) is 0 Å². The molecule has 0 saturated carbocycles. The van der Waals surface area contributed by atoms with E-state index in [9.17, 15) is 18.3 Å². The lowest BCUT2D eigenvalue weighted by molar-refractivity contribution is -0.116. The number of hydrogen-bond acceptors (Lipinski definition) is 8. The van der Waals surface area contributed by atoms with Crippen LogP contribution < -0.4 is 5.73 Å². The van der Waals surface area contributed by atoms with Crippen molar-refractivity contribution < 1.29 is 37.3 Å². The number of carbonyl (C=O) groups excluding carboxylic acids is 1. The summed E-state index contributed by atoms with van der Waals surface area (Å²) >= 11 is 0. The van der Waals surface area contributed by atoms with Crippen LogP contribution in [-0.4, -0.2) is 65.5 Å². The summed E-state index contributed by atoms with van der Waals surface area (Å²) in [4.78, 5) is 10.2. The SMILES string of the molecule is N[C@@H](C=O)[C@@H](O)[C@H](OS(=O)(=O)O)[C@H](O)CO. The van der Waals surface area contributed by atoms with Crippen molar-refractivity contribution in [1.82, 2.24) is 0 Å². The van der Waals surface area contributed by atoms with E-state index in [2.05, 4.69) is 4.18 Å². The maximum atomic E-state index is 10.4. The number of rotatable bonds is 7. The summed E-state index contributed by atoms with van der Waals surface area (Å²) in [6.45, 7) is -0.956. The minimum atomic E-state index is -4.97. The number of aldehydes is 1. The van der Waals surface area contributed by atoms with Crippen molar-refractivity contribution in [2.75, 3.05) is 6.61 Å². The molecule has 0 bridgehead atoms. The molecule has 0 unspecified atom stereocenters. The molecule has 0 rings (SSSR count). The lowest BCUT2D eigenvalue weighted by Crippen LogP contribution is -2.51. The summed E-state index contributed by atoms with van der Waals surface area (Å²) < 4.78 is 33.0. The van der Waals surface area contributed by atoms with Crippen molar-refractivity contribution in [1.29, 1.82) is 0 Å². The van der Waals surface area contributed by atoms with E-state index in [1.165, 1.54) is 0 Å². The monoisotopic (exact) mass is 259 g/mol. The zero-order valence-corrected chi connectivity index (χ0v) is 8.82. The number of aliphatic hydroxyl groups excluding tert-OH is 3. The lowest BCUT2D eigenvalue weighted by atomic mass is 10.0. The molecule has 0 aliphatic rings. The van der Waals surface area contributed by atoms with Crippen LogP contribution in [0.25, 0.3) is 0 Å². The van der Waals surface area contributed by atoms with Gasteiger partial charge in [-0.25, -0.2) is 4.18 Å². The highest BCUT2D eigenvalue weighted by Crippen LogP contribution is 2.10. The minimum Gasteiger partial charge on any atom is -0.394 e. The second-order valence-corrected chi connectivity index (χ2v) is 3.99. The van der Waals surface area contributed by atoms with Gasteiger partial charge in [0.05, 0.1) is 12.6 Å². The number of aliphatic hydroxyl groups is 3. The molecule has 0 radical (unpaired) electrons. The van der Waals surface area contributed by atoms with E-state index >= 15 is 0 Å². The molecule has 0 saturated heterocycles. The summed E-state index contributed by atoms with van der Waals surface area (Å²) in [6, 6.07) is -1.53. The Bertz CT molecular complexity index is 316. The molecule has 16 heavy (non-hydrogen) atoms. The van der Waals surface area contributed by atoms with Crippen LogP contribution in [0.2, 0.25) is 0 Å². The van der Waals surface area contributed by atoms with Gasteiger partial charge >= 0.3 is 10.4 Å². The topological polar surface area (TPSA) is 167 Å². The third-order valence-corrected chi connectivity index (χ3v) is 2.15. The van der Waals surface area contributed by atoms with Crippen LogP contribution in [0, 0.1) is 0 Å². The average molecular weight is 259 g/mol. The Morgan fingerprint density at radius 3 is 2.19 bits per heavy atom. The van der Waals surface area contributed by atoms with Gasteiger partial charge in [0.15, 0.2) is 0 Å². The Kier molecular flexibility index (Phi) is 5.96. The molecule has 9 nitrogen and oxygen atoms in total. The fourth-order valence-electron chi connectivity index (χ4n) is 0.892. The van der Waals surface area contributed by atoms with Crippen molar-refractivity contribution in [2.24, 2.45) is 5.73 Å². The summed E-state index contributed by atoms with van der Waals surface area (Å²) in [5, 5.41) is 27.0. The summed E-state index contributed by atoms with van der Waals surface area (Å²) in [7, 11) is -4.97. The molecule has 0 aliphatic heterocycles.